The van der Waals surface area contributed by atoms with E-state index in [1.807, 2.05) is 5.32 Å². The number of aliphatic hydroxyl groups excluding tert-OH is 1. The van der Waals surface area contributed by atoms with E-state index < -0.39 is 12.7 Å². The molecule has 0 bridgehead atoms. The molecule has 0 unspecified atom stereocenters. The van der Waals surface area contributed by atoms with E-state index in [0.29, 0.717) is 0 Å². The van der Waals surface area contributed by atoms with E-state index in [0.717, 1.165) is 0 Å². The lowest BCUT2D eigenvalue weighted by molar-refractivity contribution is 0.195. The van der Waals surface area contributed by atoms with Crippen LogP contribution in [0.2, 0.25) is 0 Å². The number of nitrogens with one attached hydrogen (secondary N) is 1. The molecule has 0 heterocycles. The number of hydrogen-bond acceptors (Lipinski definition) is 2. The maximum atomic E-state index is 11.6. The fourth-order valence-electron chi connectivity index (χ4n) is 0.318. The summed E-state index contributed by atoms with van der Waals surface area (Å²) < 4.78 is 11.6. The van der Waals surface area contributed by atoms with Crippen molar-refractivity contribution in [2.75, 3.05) is 13.2 Å². The van der Waals surface area contributed by atoms with Crippen molar-refractivity contribution in [3.63, 3.8) is 0 Å². The van der Waals surface area contributed by atoms with Crippen LogP contribution in [0.5, 0.6) is 0 Å². The molecule has 0 saturated heterocycles. The van der Waals surface area contributed by atoms with Crippen LogP contribution in [0.25, 0.3) is 0 Å². The number of rotatable bonds is 3. The number of carbonyl (C=O) groups is 1. The molecule has 0 radical (unpaired) electrons. The van der Waals surface area contributed by atoms with E-state index in [1.54, 1.807) is 0 Å². The van der Waals surface area contributed by atoms with Gasteiger partial charge in [-0.05, 0) is 0 Å². The van der Waals surface area contributed by atoms with Gasteiger partial charge < -0.3 is 15.5 Å². The van der Waals surface area contributed by atoms with Crippen LogP contribution in [0.15, 0.2) is 11.9 Å². The second kappa shape index (κ2) is 4.75. The van der Waals surface area contributed by atoms with Gasteiger partial charge in [-0.15, -0.1) is 0 Å². The molecule has 0 rings (SSSR count). The minimum atomic E-state index is -1.24. The fraction of sp³-hybridized carbons (Fsp3) is 0.400. The largest absolute Gasteiger partial charge is 0.465 e. The van der Waals surface area contributed by atoms with Gasteiger partial charge in [0.1, 0.15) is 0 Å². The van der Waals surface area contributed by atoms with Crippen LogP contribution in [-0.2, 0) is 0 Å². The molecule has 0 aromatic carbocycles. The second-order valence-corrected chi connectivity index (χ2v) is 1.58. The van der Waals surface area contributed by atoms with E-state index in [9.17, 15) is 9.18 Å². The number of halogens is 1. The summed E-state index contributed by atoms with van der Waals surface area (Å²) in [5, 5.41) is 18.2. The first-order chi connectivity index (χ1) is 4.70. The van der Waals surface area contributed by atoms with Gasteiger partial charge in [0.2, 0.25) is 0 Å². The van der Waals surface area contributed by atoms with Crippen molar-refractivity contribution >= 4 is 6.09 Å². The molecule has 0 aliphatic carbocycles. The van der Waals surface area contributed by atoms with Crippen LogP contribution in [0.1, 0.15) is 0 Å². The first-order valence-corrected chi connectivity index (χ1v) is 2.56. The maximum absolute atomic E-state index is 11.6. The lowest BCUT2D eigenvalue weighted by Crippen LogP contribution is -2.24. The second-order valence-electron chi connectivity index (χ2n) is 1.58. The third kappa shape index (κ3) is 3.85. The van der Waals surface area contributed by atoms with Gasteiger partial charge in [0, 0.05) is 12.1 Å². The highest BCUT2D eigenvalue weighted by atomic mass is 19.1. The van der Waals surface area contributed by atoms with E-state index >= 15 is 0 Å². The Morgan fingerprint density at radius 2 is 2.30 bits per heavy atom. The van der Waals surface area contributed by atoms with Crippen molar-refractivity contribution in [2.24, 2.45) is 0 Å². The summed E-state index contributed by atoms with van der Waals surface area (Å²) in [4.78, 5) is 9.79. The van der Waals surface area contributed by atoms with Gasteiger partial charge in [-0.2, -0.15) is 0 Å². The predicted octanol–water partition coefficient (Wildman–Crippen LogP) is 0.0997. The smallest absolute Gasteiger partial charge is 0.404 e. The van der Waals surface area contributed by atoms with Crippen LogP contribution >= 0.6 is 0 Å². The van der Waals surface area contributed by atoms with Gasteiger partial charge >= 0.3 is 6.09 Å². The average Bonchev–Trinajstić information content (AvgIpc) is 1.90. The SMILES string of the molecule is O=C(O)NCC(=CF)CO. The molecule has 0 saturated carbocycles. The van der Waals surface area contributed by atoms with E-state index in [-0.39, 0.29) is 18.4 Å². The summed E-state index contributed by atoms with van der Waals surface area (Å²) in [5.41, 5.74) is 0.00222. The molecule has 0 atom stereocenters. The van der Waals surface area contributed by atoms with E-state index in [1.165, 1.54) is 0 Å². The Balaban J connectivity index is 3.56. The van der Waals surface area contributed by atoms with Gasteiger partial charge in [0.15, 0.2) is 0 Å². The minimum absolute atomic E-state index is 0.00222. The summed E-state index contributed by atoms with van der Waals surface area (Å²) >= 11 is 0. The van der Waals surface area contributed by atoms with E-state index in [4.69, 9.17) is 10.2 Å². The highest BCUT2D eigenvalue weighted by Crippen LogP contribution is 1.89. The molecule has 0 aliphatic rings. The lowest BCUT2D eigenvalue weighted by atomic mass is 10.3. The Morgan fingerprint density at radius 3 is 2.60 bits per heavy atom. The van der Waals surface area contributed by atoms with Gasteiger partial charge in [-0.3, -0.25) is 0 Å². The van der Waals surface area contributed by atoms with Gasteiger partial charge in [-0.25, -0.2) is 9.18 Å². The number of aliphatic hydroxyl groups is 1. The topological polar surface area (TPSA) is 69.6 Å². The fourth-order valence-corrected chi connectivity index (χ4v) is 0.318. The van der Waals surface area contributed by atoms with Crippen molar-refractivity contribution < 1.29 is 19.4 Å². The maximum Gasteiger partial charge on any atom is 0.404 e. The molecule has 0 aromatic heterocycles. The zero-order valence-corrected chi connectivity index (χ0v) is 5.17. The molecule has 0 aliphatic heterocycles. The van der Waals surface area contributed by atoms with Crippen molar-refractivity contribution in [3.8, 4) is 0 Å². The standard InChI is InChI=1S/C5H8FNO3/c6-1-4(3-8)2-7-5(9)10/h1,7-8H,2-3H2,(H,9,10). The molecular formula is C5H8FNO3. The Hall–Kier alpha value is -1.10. The first-order valence-electron chi connectivity index (χ1n) is 2.56. The Labute approximate surface area is 57.0 Å². The van der Waals surface area contributed by atoms with Crippen LogP contribution in [0.4, 0.5) is 9.18 Å². The minimum Gasteiger partial charge on any atom is -0.465 e. The quantitative estimate of drug-likeness (QED) is 0.533. The predicted molar refractivity (Wildman–Crippen MR) is 32.3 cm³/mol. The van der Waals surface area contributed by atoms with Gasteiger partial charge in [-0.1, -0.05) is 0 Å². The summed E-state index contributed by atoms with van der Waals surface area (Å²) in [6.45, 7) is -0.654. The summed E-state index contributed by atoms with van der Waals surface area (Å²) in [7, 11) is 0. The molecular weight excluding hydrogens is 141 g/mol. The Bertz CT molecular complexity index is 146. The van der Waals surface area contributed by atoms with Crippen LogP contribution in [-0.4, -0.2) is 29.5 Å². The monoisotopic (exact) mass is 149 g/mol. The van der Waals surface area contributed by atoms with Gasteiger partial charge in [0.25, 0.3) is 0 Å². The molecule has 0 aromatic rings. The Kier molecular flexibility index (Phi) is 4.23. The molecule has 10 heavy (non-hydrogen) atoms. The summed E-state index contributed by atoms with van der Waals surface area (Å²) in [6.07, 6.45) is -1.07. The first kappa shape index (κ1) is 8.90. The zero-order valence-electron chi connectivity index (χ0n) is 5.17. The third-order valence-electron chi connectivity index (χ3n) is 0.824. The highest BCUT2D eigenvalue weighted by Gasteiger charge is 1.97. The number of hydrogen-bond donors (Lipinski definition) is 3. The van der Waals surface area contributed by atoms with Crippen LogP contribution in [0.3, 0.4) is 0 Å². The zero-order chi connectivity index (χ0) is 7.98. The molecule has 4 nitrogen and oxygen atoms in total. The summed E-state index contributed by atoms with van der Waals surface area (Å²) in [5.74, 6) is 0. The van der Waals surface area contributed by atoms with Crippen molar-refractivity contribution in [3.05, 3.63) is 11.9 Å². The number of carboxylic acid groups (broad SMARTS) is 1. The normalized spacial score (nSPS) is 11.2. The molecule has 1 amide bonds. The van der Waals surface area contributed by atoms with E-state index in [2.05, 4.69) is 0 Å². The van der Waals surface area contributed by atoms with Crippen molar-refractivity contribution in [1.29, 1.82) is 0 Å². The van der Waals surface area contributed by atoms with Crippen LogP contribution in [0, 0.1) is 0 Å². The van der Waals surface area contributed by atoms with Crippen molar-refractivity contribution in [2.45, 2.75) is 0 Å². The van der Waals surface area contributed by atoms with Crippen LogP contribution < -0.4 is 5.32 Å². The average molecular weight is 149 g/mol. The van der Waals surface area contributed by atoms with Crippen molar-refractivity contribution in [1.82, 2.24) is 5.32 Å². The molecule has 0 spiro atoms. The Morgan fingerprint density at radius 1 is 1.70 bits per heavy atom. The highest BCUT2D eigenvalue weighted by molar-refractivity contribution is 5.64. The van der Waals surface area contributed by atoms with Gasteiger partial charge in [0.05, 0.1) is 12.9 Å². The summed E-state index contributed by atoms with van der Waals surface area (Å²) in [6, 6.07) is 0. The molecule has 5 heteroatoms. The third-order valence-corrected chi connectivity index (χ3v) is 0.824. The molecule has 0 fully saturated rings. The molecule has 3 N–H and O–H groups in total. The number of amides is 1. The molecule has 58 valence electrons. The lowest BCUT2D eigenvalue weighted by Gasteiger charge is -1.99.